The summed E-state index contributed by atoms with van der Waals surface area (Å²) < 4.78 is 39.9. The molecule has 1 aromatic rings. The summed E-state index contributed by atoms with van der Waals surface area (Å²) in [6.45, 7) is 0. The Balaban J connectivity index is 1.39. The second-order valence-corrected chi connectivity index (χ2v) is 7.95. The van der Waals surface area contributed by atoms with Crippen LogP contribution >= 0.6 is 0 Å². The van der Waals surface area contributed by atoms with Crippen molar-refractivity contribution in [1.82, 2.24) is 0 Å². The number of halogens is 3. The zero-order valence-corrected chi connectivity index (χ0v) is 14.5. The van der Waals surface area contributed by atoms with Crippen molar-refractivity contribution in [2.24, 2.45) is 11.8 Å². The van der Waals surface area contributed by atoms with Crippen LogP contribution in [-0.2, 0) is 0 Å². The summed E-state index contributed by atoms with van der Waals surface area (Å²) in [5.41, 5.74) is 0.631. The molecule has 2 aliphatic rings. The predicted octanol–water partition coefficient (Wildman–Crippen LogP) is 7.13. The molecule has 3 heteroatoms. The highest BCUT2D eigenvalue weighted by Crippen LogP contribution is 2.38. The Labute approximate surface area is 143 Å². The molecule has 0 amide bonds. The second kappa shape index (κ2) is 8.40. The number of hydrogen-bond donors (Lipinski definition) is 0. The third kappa shape index (κ3) is 4.55. The van der Waals surface area contributed by atoms with Gasteiger partial charge in [-0.25, -0.2) is 13.2 Å². The maximum atomic E-state index is 13.4. The van der Waals surface area contributed by atoms with Gasteiger partial charge in [-0.1, -0.05) is 51.4 Å². The number of hydrogen-bond acceptors (Lipinski definition) is 0. The lowest BCUT2D eigenvalue weighted by atomic mass is 9.77. The van der Waals surface area contributed by atoms with Gasteiger partial charge in [0, 0.05) is 0 Å². The van der Waals surface area contributed by atoms with Gasteiger partial charge in [0.15, 0.2) is 17.5 Å². The molecule has 0 nitrogen and oxygen atoms in total. The highest BCUT2D eigenvalue weighted by molar-refractivity contribution is 5.23. The zero-order chi connectivity index (χ0) is 16.9. The van der Waals surface area contributed by atoms with Crippen LogP contribution in [0.4, 0.5) is 13.2 Å². The van der Waals surface area contributed by atoms with Gasteiger partial charge in [0.25, 0.3) is 0 Å². The van der Waals surface area contributed by atoms with Crippen LogP contribution in [0.25, 0.3) is 0 Å². The van der Waals surface area contributed by atoms with Crippen LogP contribution in [0.15, 0.2) is 12.1 Å². The van der Waals surface area contributed by atoms with E-state index in [1.807, 2.05) is 0 Å². The molecular weight excluding hydrogens is 309 g/mol. The van der Waals surface area contributed by atoms with Gasteiger partial charge in [-0.2, -0.15) is 0 Å². The molecule has 0 N–H and O–H groups in total. The molecule has 0 saturated heterocycles. The Bertz CT molecular complexity index is 503. The van der Waals surface area contributed by atoms with E-state index in [0.717, 1.165) is 37.5 Å². The summed E-state index contributed by atoms with van der Waals surface area (Å²) in [7, 11) is 0. The van der Waals surface area contributed by atoms with Crippen molar-refractivity contribution in [2.45, 2.75) is 83.0 Å². The van der Waals surface area contributed by atoms with Crippen LogP contribution in [-0.4, -0.2) is 0 Å². The van der Waals surface area contributed by atoms with Gasteiger partial charge in [-0.3, -0.25) is 0 Å². The van der Waals surface area contributed by atoms with E-state index in [0.29, 0.717) is 5.56 Å². The lowest BCUT2D eigenvalue weighted by Crippen LogP contribution is -2.14. The minimum atomic E-state index is -1.35. The highest BCUT2D eigenvalue weighted by Gasteiger charge is 2.24. The summed E-state index contributed by atoms with van der Waals surface area (Å²) in [6.07, 6.45) is 15.3. The van der Waals surface area contributed by atoms with Crippen molar-refractivity contribution < 1.29 is 13.2 Å². The normalized spacial score (nSPS) is 25.3. The van der Waals surface area contributed by atoms with Gasteiger partial charge in [0.1, 0.15) is 0 Å². The van der Waals surface area contributed by atoms with Gasteiger partial charge >= 0.3 is 0 Å². The van der Waals surface area contributed by atoms with Crippen LogP contribution < -0.4 is 0 Å². The smallest absolute Gasteiger partial charge is 0.194 e. The van der Waals surface area contributed by atoms with Gasteiger partial charge in [0.2, 0.25) is 0 Å². The Morgan fingerprint density at radius 2 is 1.21 bits per heavy atom. The minimum absolute atomic E-state index is 0.185. The first-order valence-corrected chi connectivity index (χ1v) is 9.78. The quantitative estimate of drug-likeness (QED) is 0.382. The molecule has 3 rings (SSSR count). The van der Waals surface area contributed by atoms with Crippen LogP contribution in [0.5, 0.6) is 0 Å². The van der Waals surface area contributed by atoms with Crippen molar-refractivity contribution in [3.05, 3.63) is 35.1 Å². The maximum Gasteiger partial charge on any atom is 0.194 e. The van der Waals surface area contributed by atoms with E-state index in [9.17, 15) is 13.2 Å². The second-order valence-electron chi connectivity index (χ2n) is 7.95. The lowest BCUT2D eigenvalue weighted by molar-refractivity contribution is 0.297. The molecule has 1 aromatic carbocycles. The fourth-order valence-corrected chi connectivity index (χ4v) is 4.76. The minimum Gasteiger partial charge on any atom is -0.204 e. The lowest BCUT2D eigenvalue weighted by Gasteiger charge is -2.29. The molecular formula is C21H29F3. The zero-order valence-electron chi connectivity index (χ0n) is 14.5. The largest absolute Gasteiger partial charge is 0.204 e. The molecule has 0 unspecified atom stereocenters. The van der Waals surface area contributed by atoms with E-state index in [4.69, 9.17) is 0 Å². The van der Waals surface area contributed by atoms with Gasteiger partial charge in [0.05, 0.1) is 0 Å². The number of rotatable bonds is 6. The van der Waals surface area contributed by atoms with E-state index in [1.54, 1.807) is 0 Å². The number of benzene rings is 1. The van der Waals surface area contributed by atoms with Crippen molar-refractivity contribution in [3.63, 3.8) is 0 Å². The summed E-state index contributed by atoms with van der Waals surface area (Å²) in [4.78, 5) is 0. The highest BCUT2D eigenvalue weighted by atomic mass is 19.2. The Morgan fingerprint density at radius 3 is 1.75 bits per heavy atom. The van der Waals surface area contributed by atoms with Crippen molar-refractivity contribution in [1.29, 1.82) is 0 Å². The predicted molar refractivity (Wildman–Crippen MR) is 91.4 cm³/mol. The standard InChI is InChI=1S/C21H29F3/c22-19-13-18(14-20(23)21(19)24)17-11-9-16(10-12-17)8-4-3-7-15-5-1-2-6-15/h13-17H,1-12H2. The van der Waals surface area contributed by atoms with E-state index in [-0.39, 0.29) is 5.92 Å². The Kier molecular flexibility index (Phi) is 6.24. The molecule has 2 fully saturated rings. The molecule has 0 heterocycles. The molecule has 0 atom stereocenters. The first kappa shape index (κ1) is 17.8. The number of unbranched alkanes of at least 4 members (excludes halogenated alkanes) is 1. The fourth-order valence-electron chi connectivity index (χ4n) is 4.76. The topological polar surface area (TPSA) is 0 Å². The van der Waals surface area contributed by atoms with Crippen LogP contribution in [0.1, 0.15) is 88.5 Å². The molecule has 2 aliphatic carbocycles. The average molecular weight is 338 g/mol. The van der Waals surface area contributed by atoms with Gasteiger partial charge in [-0.05, 0) is 61.1 Å². The van der Waals surface area contributed by atoms with E-state index in [1.165, 1.54) is 63.5 Å². The summed E-state index contributed by atoms with van der Waals surface area (Å²) in [5.74, 6) is -1.53. The van der Waals surface area contributed by atoms with Gasteiger partial charge in [-0.15, -0.1) is 0 Å². The Morgan fingerprint density at radius 1 is 0.708 bits per heavy atom. The van der Waals surface area contributed by atoms with Gasteiger partial charge < -0.3 is 0 Å². The van der Waals surface area contributed by atoms with Crippen molar-refractivity contribution in [2.75, 3.05) is 0 Å². The molecule has 0 aromatic heterocycles. The molecule has 24 heavy (non-hydrogen) atoms. The molecule has 134 valence electrons. The molecule has 0 aliphatic heterocycles. The Hall–Kier alpha value is -0.990. The third-order valence-corrected chi connectivity index (χ3v) is 6.27. The fraction of sp³-hybridized carbons (Fsp3) is 0.714. The van der Waals surface area contributed by atoms with Crippen LogP contribution in [0.3, 0.4) is 0 Å². The SMILES string of the molecule is Fc1cc(C2CCC(CCCCC3CCCC3)CC2)cc(F)c1F. The maximum absolute atomic E-state index is 13.4. The first-order valence-electron chi connectivity index (χ1n) is 9.78. The molecule has 2 saturated carbocycles. The third-order valence-electron chi connectivity index (χ3n) is 6.27. The molecule has 0 radical (unpaired) electrons. The van der Waals surface area contributed by atoms with E-state index in [2.05, 4.69) is 0 Å². The van der Waals surface area contributed by atoms with E-state index < -0.39 is 17.5 Å². The first-order chi connectivity index (χ1) is 11.6. The average Bonchev–Trinajstić information content (AvgIpc) is 3.10. The van der Waals surface area contributed by atoms with Crippen LogP contribution in [0, 0.1) is 29.3 Å². The van der Waals surface area contributed by atoms with E-state index >= 15 is 0 Å². The molecule has 0 bridgehead atoms. The van der Waals surface area contributed by atoms with Crippen LogP contribution in [0.2, 0.25) is 0 Å². The summed E-state index contributed by atoms with van der Waals surface area (Å²) in [6, 6.07) is 2.37. The molecule has 0 spiro atoms. The van der Waals surface area contributed by atoms with Crippen molar-refractivity contribution in [3.8, 4) is 0 Å². The monoisotopic (exact) mass is 338 g/mol. The summed E-state index contributed by atoms with van der Waals surface area (Å²) in [5, 5.41) is 0. The van der Waals surface area contributed by atoms with Crippen molar-refractivity contribution >= 4 is 0 Å². The summed E-state index contributed by atoms with van der Waals surface area (Å²) >= 11 is 0.